The number of carbonyl (C=O) groups excluding carboxylic acids is 2. The normalized spacial score (nSPS) is 15.8. The van der Waals surface area contributed by atoms with Gasteiger partial charge in [0, 0.05) is 18.0 Å². The number of benzene rings is 2. The molecule has 0 aliphatic carbocycles. The highest BCUT2D eigenvalue weighted by atomic mass is 32.2. The predicted octanol–water partition coefficient (Wildman–Crippen LogP) is 4.41. The van der Waals surface area contributed by atoms with Crippen LogP contribution < -0.4 is 15.4 Å². The van der Waals surface area contributed by atoms with Crippen LogP contribution in [0.3, 0.4) is 0 Å². The summed E-state index contributed by atoms with van der Waals surface area (Å²) >= 11 is 1.17. The number of nitriles is 1. The standard InChI is InChI=1S/C24H25N3O3S/c1-4-30-18-9-7-17(8-10-18)19-12-22(28)27-24(20(19)13-25)31-14-23(29)26-21-11-15(2)5-6-16(21)3/h5-11,19H,4,12,14H2,1-3H3,(H,26,29)(H,27,28)/t19-/m0/s1. The molecule has 2 aromatic carbocycles. The summed E-state index contributed by atoms with van der Waals surface area (Å²) in [6.45, 7) is 6.38. The number of amides is 2. The Kier molecular flexibility index (Phi) is 7.37. The molecule has 1 aliphatic heterocycles. The van der Waals surface area contributed by atoms with Crippen molar-refractivity contribution in [2.24, 2.45) is 0 Å². The van der Waals surface area contributed by atoms with Gasteiger partial charge in [-0.05, 0) is 55.7 Å². The number of carbonyl (C=O) groups is 2. The first-order valence-electron chi connectivity index (χ1n) is 10.1. The molecular weight excluding hydrogens is 410 g/mol. The number of aryl methyl sites for hydroxylation is 2. The first-order valence-corrected chi connectivity index (χ1v) is 11.1. The van der Waals surface area contributed by atoms with Gasteiger partial charge in [0.25, 0.3) is 0 Å². The molecule has 0 unspecified atom stereocenters. The number of nitrogens with one attached hydrogen (secondary N) is 2. The van der Waals surface area contributed by atoms with E-state index in [-0.39, 0.29) is 29.9 Å². The molecule has 0 radical (unpaired) electrons. The van der Waals surface area contributed by atoms with Crippen LogP contribution in [0, 0.1) is 25.2 Å². The van der Waals surface area contributed by atoms with Crippen LogP contribution in [0.2, 0.25) is 0 Å². The first kappa shape index (κ1) is 22.4. The van der Waals surface area contributed by atoms with Gasteiger partial charge in [-0.2, -0.15) is 5.26 Å². The summed E-state index contributed by atoms with van der Waals surface area (Å²) in [5.74, 6) is 0.117. The van der Waals surface area contributed by atoms with Gasteiger partial charge in [-0.15, -0.1) is 0 Å². The quantitative estimate of drug-likeness (QED) is 0.672. The van der Waals surface area contributed by atoms with Crippen molar-refractivity contribution in [3.63, 3.8) is 0 Å². The van der Waals surface area contributed by atoms with Crippen LogP contribution in [0.4, 0.5) is 5.69 Å². The number of ether oxygens (including phenoxy) is 1. The Morgan fingerprint density at radius 3 is 2.68 bits per heavy atom. The molecular formula is C24H25N3O3S. The zero-order valence-electron chi connectivity index (χ0n) is 17.8. The monoisotopic (exact) mass is 435 g/mol. The van der Waals surface area contributed by atoms with Gasteiger partial charge >= 0.3 is 0 Å². The number of thioether (sulfide) groups is 1. The Morgan fingerprint density at radius 2 is 2.00 bits per heavy atom. The van der Waals surface area contributed by atoms with E-state index in [2.05, 4.69) is 16.7 Å². The lowest BCUT2D eigenvalue weighted by atomic mass is 9.87. The van der Waals surface area contributed by atoms with Crippen molar-refractivity contribution < 1.29 is 14.3 Å². The molecule has 0 fully saturated rings. The molecule has 1 aliphatic rings. The maximum Gasteiger partial charge on any atom is 0.234 e. The largest absolute Gasteiger partial charge is 0.494 e. The predicted molar refractivity (Wildman–Crippen MR) is 123 cm³/mol. The van der Waals surface area contributed by atoms with Crippen LogP contribution in [-0.4, -0.2) is 24.2 Å². The van der Waals surface area contributed by atoms with Gasteiger partial charge in [-0.1, -0.05) is 36.0 Å². The summed E-state index contributed by atoms with van der Waals surface area (Å²) in [6, 6.07) is 15.5. The molecule has 0 saturated heterocycles. The Labute approximate surface area is 186 Å². The molecule has 3 rings (SSSR count). The maximum absolute atomic E-state index is 12.5. The minimum absolute atomic E-state index is 0.0875. The summed E-state index contributed by atoms with van der Waals surface area (Å²) in [5.41, 5.74) is 4.13. The highest BCUT2D eigenvalue weighted by Crippen LogP contribution is 2.36. The molecule has 0 spiro atoms. The summed E-state index contributed by atoms with van der Waals surface area (Å²) in [5, 5.41) is 15.9. The summed E-state index contributed by atoms with van der Waals surface area (Å²) in [7, 11) is 0. The molecule has 2 amide bonds. The van der Waals surface area contributed by atoms with E-state index in [0.717, 1.165) is 28.1 Å². The van der Waals surface area contributed by atoms with Crippen LogP contribution in [0.5, 0.6) is 5.75 Å². The Morgan fingerprint density at radius 1 is 1.26 bits per heavy atom. The fourth-order valence-electron chi connectivity index (χ4n) is 3.38. The van der Waals surface area contributed by atoms with Crippen LogP contribution in [0.25, 0.3) is 0 Å². The number of rotatable bonds is 7. The number of anilines is 1. The summed E-state index contributed by atoms with van der Waals surface area (Å²) < 4.78 is 5.47. The molecule has 1 heterocycles. The lowest BCUT2D eigenvalue weighted by Gasteiger charge is -2.25. The molecule has 31 heavy (non-hydrogen) atoms. The highest BCUT2D eigenvalue weighted by Gasteiger charge is 2.30. The van der Waals surface area contributed by atoms with Gasteiger partial charge in [-0.25, -0.2) is 0 Å². The Hall–Kier alpha value is -3.24. The van der Waals surface area contributed by atoms with Crippen molar-refractivity contribution in [3.8, 4) is 11.8 Å². The topological polar surface area (TPSA) is 91.2 Å². The first-order chi connectivity index (χ1) is 14.9. The van der Waals surface area contributed by atoms with E-state index in [1.807, 2.05) is 63.2 Å². The third kappa shape index (κ3) is 5.68. The molecule has 1 atom stereocenters. The summed E-state index contributed by atoms with van der Waals surface area (Å²) in [4.78, 5) is 24.8. The molecule has 2 aromatic rings. The van der Waals surface area contributed by atoms with E-state index >= 15 is 0 Å². The van der Waals surface area contributed by atoms with Crippen molar-refractivity contribution >= 4 is 29.3 Å². The van der Waals surface area contributed by atoms with E-state index in [9.17, 15) is 14.9 Å². The molecule has 0 aromatic heterocycles. The van der Waals surface area contributed by atoms with Gasteiger partial charge in [0.05, 0.1) is 29.0 Å². The number of hydrogen-bond donors (Lipinski definition) is 2. The Bertz CT molecular complexity index is 1050. The third-order valence-corrected chi connectivity index (χ3v) is 5.98. The van der Waals surface area contributed by atoms with E-state index in [0.29, 0.717) is 17.2 Å². The smallest absolute Gasteiger partial charge is 0.234 e. The van der Waals surface area contributed by atoms with E-state index < -0.39 is 0 Å². The second kappa shape index (κ2) is 10.2. The second-order valence-corrected chi connectivity index (χ2v) is 8.30. The van der Waals surface area contributed by atoms with Crippen molar-refractivity contribution in [2.75, 3.05) is 17.7 Å². The molecule has 6 nitrogen and oxygen atoms in total. The average Bonchev–Trinajstić information content (AvgIpc) is 2.75. The van der Waals surface area contributed by atoms with Crippen molar-refractivity contribution in [1.82, 2.24) is 5.32 Å². The third-order valence-electron chi connectivity index (χ3n) is 4.96. The van der Waals surface area contributed by atoms with Crippen LogP contribution in [0.1, 0.15) is 36.0 Å². The zero-order chi connectivity index (χ0) is 22.4. The number of allylic oxidation sites excluding steroid dienone is 1. The lowest BCUT2D eigenvalue weighted by molar-refractivity contribution is -0.121. The fourth-order valence-corrected chi connectivity index (χ4v) is 4.25. The van der Waals surface area contributed by atoms with Crippen LogP contribution >= 0.6 is 11.8 Å². The minimum Gasteiger partial charge on any atom is -0.494 e. The molecule has 0 saturated carbocycles. The number of nitrogens with zero attached hydrogens (tertiary/aromatic N) is 1. The lowest BCUT2D eigenvalue weighted by Crippen LogP contribution is -2.31. The van der Waals surface area contributed by atoms with Crippen molar-refractivity contribution in [1.29, 1.82) is 5.26 Å². The van der Waals surface area contributed by atoms with Gasteiger partial charge in [0.15, 0.2) is 0 Å². The fraction of sp³-hybridized carbons (Fsp3) is 0.292. The summed E-state index contributed by atoms with van der Waals surface area (Å²) in [6.07, 6.45) is 0.190. The Balaban J connectivity index is 1.75. The van der Waals surface area contributed by atoms with Gasteiger partial charge in [-0.3, -0.25) is 9.59 Å². The SMILES string of the molecule is CCOc1ccc([C@@H]2CC(=O)NC(SCC(=O)Nc3cc(C)ccc3C)=C2C#N)cc1. The van der Waals surface area contributed by atoms with Crippen molar-refractivity contribution in [2.45, 2.75) is 33.1 Å². The molecule has 2 N–H and O–H groups in total. The van der Waals surface area contributed by atoms with Gasteiger partial charge in [0.1, 0.15) is 5.75 Å². The van der Waals surface area contributed by atoms with Crippen LogP contribution in [0.15, 0.2) is 53.1 Å². The average molecular weight is 436 g/mol. The van der Waals surface area contributed by atoms with E-state index in [1.54, 1.807) is 0 Å². The number of hydrogen-bond acceptors (Lipinski definition) is 5. The van der Waals surface area contributed by atoms with E-state index in [4.69, 9.17) is 4.74 Å². The molecule has 0 bridgehead atoms. The molecule has 160 valence electrons. The zero-order valence-corrected chi connectivity index (χ0v) is 18.6. The van der Waals surface area contributed by atoms with E-state index in [1.165, 1.54) is 11.8 Å². The minimum atomic E-state index is -0.348. The van der Waals surface area contributed by atoms with Crippen LogP contribution in [-0.2, 0) is 9.59 Å². The highest BCUT2D eigenvalue weighted by molar-refractivity contribution is 8.03. The van der Waals surface area contributed by atoms with Gasteiger partial charge in [0.2, 0.25) is 11.8 Å². The maximum atomic E-state index is 12.5. The van der Waals surface area contributed by atoms with Gasteiger partial charge < -0.3 is 15.4 Å². The van der Waals surface area contributed by atoms with Crippen molar-refractivity contribution in [3.05, 3.63) is 69.8 Å². The second-order valence-electron chi connectivity index (χ2n) is 7.32. The molecule has 7 heteroatoms.